The Morgan fingerprint density at radius 2 is 1.52 bits per heavy atom. The van der Waals surface area contributed by atoms with E-state index in [4.69, 9.17) is 9.15 Å². The number of benzene rings is 3. The summed E-state index contributed by atoms with van der Waals surface area (Å²) in [6, 6.07) is 20.7. The fourth-order valence-corrected chi connectivity index (χ4v) is 2.53. The molecule has 0 unspecified atom stereocenters. The maximum Gasteiger partial charge on any atom is 0.120 e. The first kappa shape index (κ1) is 12.0. The average molecular weight is 274 g/mol. The Balaban J connectivity index is 1.56. The standard InChI is InChI=1S/C19H14O2/c1-2-4-16-9-14(5-6-15(16)3-1)11-21-19-8-7-17-12-20-13-18(17)10-19/h1-10,12-13H,11H2. The van der Waals surface area contributed by atoms with Crippen LogP contribution in [-0.4, -0.2) is 0 Å². The largest absolute Gasteiger partial charge is 0.489 e. The van der Waals surface area contributed by atoms with Crippen LogP contribution in [0.4, 0.5) is 0 Å². The van der Waals surface area contributed by atoms with Crippen LogP contribution in [0.5, 0.6) is 5.75 Å². The lowest BCUT2D eigenvalue weighted by Gasteiger charge is -2.07. The summed E-state index contributed by atoms with van der Waals surface area (Å²) in [5.74, 6) is 0.858. The van der Waals surface area contributed by atoms with Crippen LogP contribution in [0, 0.1) is 0 Å². The van der Waals surface area contributed by atoms with Gasteiger partial charge in [-0.05, 0) is 40.6 Å². The molecule has 21 heavy (non-hydrogen) atoms. The third kappa shape index (κ3) is 2.36. The van der Waals surface area contributed by atoms with Crippen molar-refractivity contribution in [2.45, 2.75) is 6.61 Å². The summed E-state index contributed by atoms with van der Waals surface area (Å²) in [5, 5.41) is 4.64. The Morgan fingerprint density at radius 3 is 2.48 bits per heavy atom. The molecule has 4 aromatic rings. The minimum absolute atomic E-state index is 0.564. The van der Waals surface area contributed by atoms with Crippen molar-refractivity contribution in [1.29, 1.82) is 0 Å². The lowest BCUT2D eigenvalue weighted by Crippen LogP contribution is -1.95. The van der Waals surface area contributed by atoms with E-state index in [-0.39, 0.29) is 0 Å². The molecule has 2 heteroatoms. The number of hydrogen-bond acceptors (Lipinski definition) is 2. The molecular weight excluding hydrogens is 260 g/mol. The van der Waals surface area contributed by atoms with Crippen LogP contribution in [0.25, 0.3) is 21.5 Å². The number of ether oxygens (including phenoxy) is 1. The molecule has 0 saturated carbocycles. The van der Waals surface area contributed by atoms with Gasteiger partial charge in [0.15, 0.2) is 0 Å². The quantitative estimate of drug-likeness (QED) is 0.514. The predicted molar refractivity (Wildman–Crippen MR) is 84.5 cm³/mol. The highest BCUT2D eigenvalue weighted by Gasteiger charge is 2.01. The van der Waals surface area contributed by atoms with E-state index in [2.05, 4.69) is 42.5 Å². The summed E-state index contributed by atoms with van der Waals surface area (Å²) in [7, 11) is 0. The zero-order chi connectivity index (χ0) is 14.1. The third-order valence-electron chi connectivity index (χ3n) is 3.67. The molecule has 0 bridgehead atoms. The van der Waals surface area contributed by atoms with E-state index in [0.717, 1.165) is 16.5 Å². The molecule has 0 spiro atoms. The number of furan rings is 1. The molecule has 4 rings (SSSR count). The molecule has 2 nitrogen and oxygen atoms in total. The minimum Gasteiger partial charge on any atom is -0.489 e. The molecule has 0 saturated heterocycles. The number of rotatable bonds is 3. The minimum atomic E-state index is 0.564. The molecule has 0 amide bonds. The van der Waals surface area contributed by atoms with Gasteiger partial charge in [0.1, 0.15) is 12.4 Å². The monoisotopic (exact) mass is 274 g/mol. The van der Waals surface area contributed by atoms with Gasteiger partial charge in [-0.25, -0.2) is 0 Å². The van der Waals surface area contributed by atoms with Gasteiger partial charge in [-0.1, -0.05) is 36.4 Å². The van der Waals surface area contributed by atoms with Crippen molar-refractivity contribution >= 4 is 21.5 Å². The molecule has 1 heterocycles. The maximum absolute atomic E-state index is 5.88. The molecule has 0 aliphatic carbocycles. The van der Waals surface area contributed by atoms with Gasteiger partial charge < -0.3 is 9.15 Å². The summed E-state index contributed by atoms with van der Waals surface area (Å²) >= 11 is 0. The molecule has 0 fully saturated rings. The molecule has 0 N–H and O–H groups in total. The van der Waals surface area contributed by atoms with E-state index < -0.39 is 0 Å². The van der Waals surface area contributed by atoms with Crippen molar-refractivity contribution in [1.82, 2.24) is 0 Å². The summed E-state index contributed by atoms with van der Waals surface area (Å²) in [4.78, 5) is 0. The van der Waals surface area contributed by atoms with Crippen LogP contribution in [0.2, 0.25) is 0 Å². The van der Waals surface area contributed by atoms with Gasteiger partial charge >= 0.3 is 0 Å². The summed E-state index contributed by atoms with van der Waals surface area (Å²) < 4.78 is 11.1. The van der Waals surface area contributed by atoms with Crippen LogP contribution in [0.15, 0.2) is 77.6 Å². The SMILES string of the molecule is c1ccc2cc(COc3ccc4cocc4c3)ccc2c1. The Hall–Kier alpha value is -2.74. The smallest absolute Gasteiger partial charge is 0.120 e. The van der Waals surface area contributed by atoms with E-state index in [9.17, 15) is 0 Å². The first-order valence-electron chi connectivity index (χ1n) is 6.95. The highest BCUT2D eigenvalue weighted by atomic mass is 16.5. The molecule has 0 aliphatic heterocycles. The average Bonchev–Trinajstić information content (AvgIpc) is 3.00. The van der Waals surface area contributed by atoms with Crippen LogP contribution in [0.3, 0.4) is 0 Å². The van der Waals surface area contributed by atoms with E-state index >= 15 is 0 Å². The second-order valence-corrected chi connectivity index (χ2v) is 5.13. The summed E-state index contributed by atoms with van der Waals surface area (Å²) in [6.45, 7) is 0.564. The van der Waals surface area contributed by atoms with Gasteiger partial charge in [-0.2, -0.15) is 0 Å². The van der Waals surface area contributed by atoms with Gasteiger partial charge in [0.2, 0.25) is 0 Å². The molecule has 0 radical (unpaired) electrons. The predicted octanol–water partition coefficient (Wildman–Crippen LogP) is 5.17. The number of fused-ring (bicyclic) bond motifs is 2. The van der Waals surface area contributed by atoms with E-state index in [1.54, 1.807) is 12.5 Å². The summed E-state index contributed by atoms with van der Waals surface area (Å²) in [6.07, 6.45) is 3.47. The molecule has 102 valence electrons. The fourth-order valence-electron chi connectivity index (χ4n) is 2.53. The highest BCUT2D eigenvalue weighted by molar-refractivity contribution is 5.83. The van der Waals surface area contributed by atoms with E-state index in [1.165, 1.54) is 16.3 Å². The van der Waals surface area contributed by atoms with Gasteiger partial charge in [-0.3, -0.25) is 0 Å². The van der Waals surface area contributed by atoms with Gasteiger partial charge in [0.05, 0.1) is 12.5 Å². The Bertz CT molecular complexity index is 905. The molecular formula is C19H14O2. The van der Waals surface area contributed by atoms with Crippen LogP contribution < -0.4 is 4.74 Å². The normalized spacial score (nSPS) is 11.0. The Labute approximate surface area is 122 Å². The fraction of sp³-hybridized carbons (Fsp3) is 0.0526. The molecule has 0 atom stereocenters. The molecule has 1 aromatic heterocycles. The van der Waals surface area contributed by atoms with Crippen molar-refractivity contribution in [3.63, 3.8) is 0 Å². The highest BCUT2D eigenvalue weighted by Crippen LogP contribution is 2.23. The van der Waals surface area contributed by atoms with Crippen LogP contribution in [0.1, 0.15) is 5.56 Å². The molecule has 0 aliphatic rings. The van der Waals surface area contributed by atoms with E-state index in [0.29, 0.717) is 6.61 Å². The topological polar surface area (TPSA) is 22.4 Å². The lowest BCUT2D eigenvalue weighted by molar-refractivity contribution is 0.307. The zero-order valence-corrected chi connectivity index (χ0v) is 11.5. The summed E-state index contributed by atoms with van der Waals surface area (Å²) in [5.41, 5.74) is 1.17. The first-order chi connectivity index (χ1) is 10.4. The van der Waals surface area contributed by atoms with Gasteiger partial charge in [0.25, 0.3) is 0 Å². The van der Waals surface area contributed by atoms with Crippen molar-refractivity contribution in [3.05, 3.63) is 78.8 Å². The van der Waals surface area contributed by atoms with E-state index in [1.807, 2.05) is 18.2 Å². The van der Waals surface area contributed by atoms with Crippen molar-refractivity contribution in [2.24, 2.45) is 0 Å². The Kier molecular flexibility index (Phi) is 2.86. The molecule has 3 aromatic carbocycles. The maximum atomic E-state index is 5.88. The van der Waals surface area contributed by atoms with Gasteiger partial charge in [-0.15, -0.1) is 0 Å². The lowest BCUT2D eigenvalue weighted by atomic mass is 10.1. The van der Waals surface area contributed by atoms with Crippen molar-refractivity contribution in [3.8, 4) is 5.75 Å². The van der Waals surface area contributed by atoms with Crippen molar-refractivity contribution < 1.29 is 9.15 Å². The van der Waals surface area contributed by atoms with Gasteiger partial charge in [0, 0.05) is 10.8 Å². The Morgan fingerprint density at radius 1 is 0.714 bits per heavy atom. The zero-order valence-electron chi connectivity index (χ0n) is 11.5. The first-order valence-corrected chi connectivity index (χ1v) is 6.95. The third-order valence-corrected chi connectivity index (χ3v) is 3.67. The van der Waals surface area contributed by atoms with Crippen molar-refractivity contribution in [2.75, 3.05) is 0 Å². The van der Waals surface area contributed by atoms with Crippen LogP contribution in [-0.2, 0) is 6.61 Å². The second kappa shape index (κ2) is 4.98. The number of hydrogen-bond donors (Lipinski definition) is 0. The second-order valence-electron chi connectivity index (χ2n) is 5.13. The van der Waals surface area contributed by atoms with Crippen LogP contribution >= 0.6 is 0 Å².